The fourth-order valence-electron chi connectivity index (χ4n) is 2.99. The number of anilines is 1. The van der Waals surface area contributed by atoms with Crippen LogP contribution in [0.15, 0.2) is 71.9 Å². The molecule has 0 aliphatic carbocycles. The van der Waals surface area contributed by atoms with E-state index in [4.69, 9.17) is 9.72 Å². The highest BCUT2D eigenvalue weighted by Gasteiger charge is 2.21. The smallest absolute Gasteiger partial charge is 0.239 e. The number of thiazole rings is 1. The zero-order chi connectivity index (χ0) is 20.9. The van der Waals surface area contributed by atoms with Crippen molar-refractivity contribution in [2.24, 2.45) is 0 Å². The van der Waals surface area contributed by atoms with Gasteiger partial charge in [0.2, 0.25) is 5.91 Å². The van der Waals surface area contributed by atoms with Crippen molar-refractivity contribution in [1.29, 1.82) is 0 Å². The van der Waals surface area contributed by atoms with E-state index in [0.717, 1.165) is 20.7 Å². The van der Waals surface area contributed by atoms with E-state index in [-0.39, 0.29) is 5.91 Å². The van der Waals surface area contributed by atoms with Crippen LogP contribution in [0.3, 0.4) is 0 Å². The number of carbonyl (C=O) groups excluding carboxylic acids is 1. The number of benzene rings is 2. The van der Waals surface area contributed by atoms with E-state index in [2.05, 4.69) is 24.0 Å². The van der Waals surface area contributed by atoms with Crippen LogP contribution in [0.1, 0.15) is 11.1 Å². The van der Waals surface area contributed by atoms with Crippen LogP contribution in [0.5, 0.6) is 5.75 Å². The minimum atomic E-state index is 0.00227. The second kappa shape index (κ2) is 9.28. The van der Waals surface area contributed by atoms with Gasteiger partial charge in [0.15, 0.2) is 5.13 Å². The highest BCUT2D eigenvalue weighted by atomic mass is 32.2. The number of aromatic nitrogens is 2. The summed E-state index contributed by atoms with van der Waals surface area (Å²) in [7, 11) is 1.63. The lowest BCUT2D eigenvalue weighted by molar-refractivity contribution is -0.116. The predicted molar refractivity (Wildman–Crippen MR) is 124 cm³/mol. The molecule has 2 heterocycles. The van der Waals surface area contributed by atoms with Gasteiger partial charge in [0.25, 0.3) is 0 Å². The molecule has 1 amide bonds. The molecule has 30 heavy (non-hydrogen) atoms. The van der Waals surface area contributed by atoms with E-state index < -0.39 is 0 Å². The van der Waals surface area contributed by atoms with Gasteiger partial charge in [-0.3, -0.25) is 14.7 Å². The molecule has 0 fully saturated rings. The van der Waals surface area contributed by atoms with Crippen LogP contribution in [0.25, 0.3) is 10.2 Å². The van der Waals surface area contributed by atoms with Crippen molar-refractivity contribution in [2.45, 2.75) is 18.4 Å². The SMILES string of the molecule is COc1cccc2sc(N(Cc3cccnc3)C(=O)CSc3ccc(C)cc3)nc12. The molecule has 0 spiro atoms. The van der Waals surface area contributed by atoms with Gasteiger partial charge in [-0.25, -0.2) is 4.98 Å². The van der Waals surface area contributed by atoms with Crippen LogP contribution in [0, 0.1) is 6.92 Å². The molecule has 0 unspecified atom stereocenters. The van der Waals surface area contributed by atoms with Gasteiger partial charge in [0.1, 0.15) is 11.3 Å². The Balaban J connectivity index is 1.62. The first-order chi connectivity index (χ1) is 14.6. The first kappa shape index (κ1) is 20.4. The quantitative estimate of drug-likeness (QED) is 0.367. The molecule has 0 aliphatic rings. The number of hydrogen-bond acceptors (Lipinski definition) is 6. The first-order valence-corrected chi connectivity index (χ1v) is 11.3. The van der Waals surface area contributed by atoms with Crippen LogP contribution < -0.4 is 9.64 Å². The highest BCUT2D eigenvalue weighted by molar-refractivity contribution is 8.00. The summed E-state index contributed by atoms with van der Waals surface area (Å²) in [6, 6.07) is 17.8. The number of amides is 1. The Morgan fingerprint density at radius 2 is 1.97 bits per heavy atom. The number of hydrogen-bond donors (Lipinski definition) is 0. The van der Waals surface area contributed by atoms with Crippen LogP contribution in [0.4, 0.5) is 5.13 Å². The third-order valence-electron chi connectivity index (χ3n) is 4.57. The number of pyridine rings is 1. The number of aryl methyl sites for hydroxylation is 1. The summed E-state index contributed by atoms with van der Waals surface area (Å²) in [4.78, 5) is 25.0. The Morgan fingerprint density at radius 3 is 2.70 bits per heavy atom. The molecular formula is C23H21N3O2S2. The third-order valence-corrected chi connectivity index (χ3v) is 6.61. The number of para-hydroxylation sites is 1. The normalized spacial score (nSPS) is 10.9. The van der Waals surface area contributed by atoms with Gasteiger partial charge in [-0.05, 0) is 42.8 Å². The molecule has 152 valence electrons. The van der Waals surface area contributed by atoms with Crippen molar-refractivity contribution in [3.63, 3.8) is 0 Å². The summed E-state index contributed by atoms with van der Waals surface area (Å²) in [5, 5.41) is 0.660. The molecule has 5 nitrogen and oxygen atoms in total. The maximum absolute atomic E-state index is 13.2. The molecule has 0 N–H and O–H groups in total. The number of thioether (sulfide) groups is 1. The van der Waals surface area contributed by atoms with E-state index >= 15 is 0 Å². The molecule has 2 aromatic heterocycles. The standard InChI is InChI=1S/C23H21N3O2S2/c1-16-8-10-18(11-9-16)29-15-21(27)26(14-17-5-4-12-24-13-17)23-25-22-19(28-2)6-3-7-20(22)30-23/h3-13H,14-15H2,1-2H3. The van der Waals surface area contributed by atoms with E-state index in [1.165, 1.54) is 28.7 Å². The van der Waals surface area contributed by atoms with Gasteiger partial charge in [-0.15, -0.1) is 11.8 Å². The summed E-state index contributed by atoms with van der Waals surface area (Å²) >= 11 is 3.02. The van der Waals surface area contributed by atoms with E-state index in [0.29, 0.717) is 23.2 Å². The van der Waals surface area contributed by atoms with Crippen molar-refractivity contribution in [1.82, 2.24) is 9.97 Å². The molecular weight excluding hydrogens is 414 g/mol. The number of fused-ring (bicyclic) bond motifs is 1. The Hall–Kier alpha value is -2.90. The number of rotatable bonds is 7. The second-order valence-corrected chi connectivity index (χ2v) is 8.80. The largest absolute Gasteiger partial charge is 0.494 e. The van der Waals surface area contributed by atoms with Crippen LogP contribution >= 0.6 is 23.1 Å². The van der Waals surface area contributed by atoms with Crippen molar-refractivity contribution < 1.29 is 9.53 Å². The van der Waals surface area contributed by atoms with Gasteiger partial charge in [0, 0.05) is 17.3 Å². The molecule has 4 aromatic rings. The summed E-state index contributed by atoms with van der Waals surface area (Å²) in [5.74, 6) is 1.04. The van der Waals surface area contributed by atoms with Crippen molar-refractivity contribution in [2.75, 3.05) is 17.8 Å². The molecule has 0 bridgehead atoms. The zero-order valence-corrected chi connectivity index (χ0v) is 18.4. The van der Waals surface area contributed by atoms with E-state index in [1.54, 1.807) is 24.4 Å². The highest BCUT2D eigenvalue weighted by Crippen LogP contribution is 2.35. The Labute approximate surface area is 183 Å². The Morgan fingerprint density at radius 1 is 1.13 bits per heavy atom. The van der Waals surface area contributed by atoms with Gasteiger partial charge >= 0.3 is 0 Å². The van der Waals surface area contributed by atoms with Gasteiger partial charge in [0.05, 0.1) is 24.1 Å². The van der Waals surface area contributed by atoms with Crippen LogP contribution in [0.2, 0.25) is 0 Å². The molecule has 2 aromatic carbocycles. The molecule has 0 aliphatic heterocycles. The second-order valence-electron chi connectivity index (χ2n) is 6.75. The zero-order valence-electron chi connectivity index (χ0n) is 16.7. The lowest BCUT2D eigenvalue weighted by atomic mass is 10.2. The number of nitrogens with zero attached hydrogens (tertiary/aromatic N) is 3. The minimum absolute atomic E-state index is 0.00227. The predicted octanol–water partition coefficient (Wildman–Crippen LogP) is 5.33. The fraction of sp³-hybridized carbons (Fsp3) is 0.174. The third kappa shape index (κ3) is 4.63. The van der Waals surface area contributed by atoms with Crippen molar-refractivity contribution in [3.8, 4) is 5.75 Å². The molecule has 0 saturated carbocycles. The number of methoxy groups -OCH3 is 1. The Kier molecular flexibility index (Phi) is 6.30. The maximum atomic E-state index is 13.2. The van der Waals surface area contributed by atoms with Gasteiger partial charge in [-0.1, -0.05) is 41.2 Å². The number of ether oxygens (including phenoxy) is 1. The lowest BCUT2D eigenvalue weighted by Crippen LogP contribution is -2.31. The fourth-order valence-corrected chi connectivity index (χ4v) is 4.76. The van der Waals surface area contributed by atoms with Gasteiger partial charge < -0.3 is 4.74 Å². The maximum Gasteiger partial charge on any atom is 0.239 e. The average Bonchev–Trinajstić information content (AvgIpc) is 3.21. The van der Waals surface area contributed by atoms with Crippen molar-refractivity contribution >= 4 is 44.4 Å². The summed E-state index contributed by atoms with van der Waals surface area (Å²) < 4.78 is 6.43. The lowest BCUT2D eigenvalue weighted by Gasteiger charge is -2.19. The van der Waals surface area contributed by atoms with Crippen LogP contribution in [-0.2, 0) is 11.3 Å². The summed E-state index contributed by atoms with van der Waals surface area (Å²) in [5.41, 5.74) is 2.93. The van der Waals surface area contributed by atoms with E-state index in [9.17, 15) is 4.79 Å². The molecule has 7 heteroatoms. The average molecular weight is 436 g/mol. The van der Waals surface area contributed by atoms with Crippen LogP contribution in [-0.4, -0.2) is 28.7 Å². The molecule has 0 radical (unpaired) electrons. The topological polar surface area (TPSA) is 55.3 Å². The van der Waals surface area contributed by atoms with Gasteiger partial charge in [-0.2, -0.15) is 0 Å². The number of carbonyl (C=O) groups is 1. The molecule has 4 rings (SSSR count). The molecule has 0 atom stereocenters. The summed E-state index contributed by atoms with van der Waals surface area (Å²) in [6.45, 7) is 2.47. The monoisotopic (exact) mass is 435 g/mol. The Bertz CT molecular complexity index is 1140. The summed E-state index contributed by atoms with van der Waals surface area (Å²) in [6.07, 6.45) is 3.51. The van der Waals surface area contributed by atoms with E-state index in [1.807, 2.05) is 42.5 Å². The molecule has 0 saturated heterocycles. The van der Waals surface area contributed by atoms with Crippen molar-refractivity contribution in [3.05, 3.63) is 78.1 Å². The first-order valence-electron chi connectivity index (χ1n) is 9.46. The minimum Gasteiger partial charge on any atom is -0.494 e.